The summed E-state index contributed by atoms with van der Waals surface area (Å²) in [5.74, 6) is -0.315. The monoisotopic (exact) mass is 344 g/mol. The van der Waals surface area contributed by atoms with E-state index in [0.717, 1.165) is 5.56 Å². The first-order valence-corrected chi connectivity index (χ1v) is 8.21. The highest BCUT2D eigenvalue weighted by Gasteiger charge is 2.14. The van der Waals surface area contributed by atoms with Crippen LogP contribution in [0.2, 0.25) is 5.02 Å². The van der Waals surface area contributed by atoms with Crippen molar-refractivity contribution in [3.05, 3.63) is 71.1 Å². The van der Waals surface area contributed by atoms with Gasteiger partial charge in [0.25, 0.3) is 0 Å². The summed E-state index contributed by atoms with van der Waals surface area (Å²) in [5.41, 5.74) is 1.75. The molecule has 5 heteroatoms. The lowest BCUT2D eigenvalue weighted by Gasteiger charge is -2.18. The van der Waals surface area contributed by atoms with Gasteiger partial charge >= 0.3 is 0 Å². The first-order chi connectivity index (χ1) is 11.7. The van der Waals surface area contributed by atoms with Crippen molar-refractivity contribution >= 4 is 28.2 Å². The molecule has 0 aliphatic heterocycles. The molecule has 2 aromatic carbocycles. The summed E-state index contributed by atoms with van der Waals surface area (Å²) in [5, 5.41) is 13.5. The molecule has 124 valence electrons. The largest absolute Gasteiger partial charge is 0.396 e. The molecular formula is C19H18ClFN2O. The zero-order valence-corrected chi connectivity index (χ0v) is 13.8. The smallest absolute Gasteiger partial charge is 0.172 e. The molecule has 0 aliphatic rings. The Balaban J connectivity index is 1.83. The van der Waals surface area contributed by atoms with E-state index in [0.29, 0.717) is 29.1 Å². The number of halogens is 2. The number of aromatic nitrogens is 1. The van der Waals surface area contributed by atoms with E-state index in [4.69, 9.17) is 11.6 Å². The maximum atomic E-state index is 14.7. The molecule has 1 unspecified atom stereocenters. The Labute approximate surface area is 145 Å². The van der Waals surface area contributed by atoms with E-state index in [1.807, 2.05) is 30.3 Å². The van der Waals surface area contributed by atoms with Crippen molar-refractivity contribution in [1.29, 1.82) is 0 Å². The number of aliphatic hydroxyl groups is 1. The maximum absolute atomic E-state index is 14.7. The Kier molecular flexibility index (Phi) is 5.28. The highest BCUT2D eigenvalue weighted by Crippen LogP contribution is 2.28. The number of benzene rings is 2. The van der Waals surface area contributed by atoms with Gasteiger partial charge < -0.3 is 10.4 Å². The number of hydrogen-bond acceptors (Lipinski definition) is 3. The molecule has 0 saturated carbocycles. The van der Waals surface area contributed by atoms with E-state index in [1.54, 1.807) is 18.2 Å². The molecule has 0 radical (unpaired) electrons. The minimum absolute atomic E-state index is 0.0820. The topological polar surface area (TPSA) is 45.1 Å². The van der Waals surface area contributed by atoms with Crippen LogP contribution in [0.3, 0.4) is 0 Å². The third-order valence-electron chi connectivity index (χ3n) is 4.09. The van der Waals surface area contributed by atoms with Crippen molar-refractivity contribution in [2.24, 2.45) is 0 Å². The predicted octanol–water partition coefficient (Wildman–Crippen LogP) is 4.61. The Bertz CT molecular complexity index is 826. The Hall–Kier alpha value is -2.17. The van der Waals surface area contributed by atoms with Gasteiger partial charge in [0.15, 0.2) is 5.82 Å². The van der Waals surface area contributed by atoms with Gasteiger partial charge in [-0.3, -0.25) is 4.98 Å². The minimum atomic E-state index is -0.411. The summed E-state index contributed by atoms with van der Waals surface area (Å²) < 4.78 is 14.7. The van der Waals surface area contributed by atoms with Gasteiger partial charge in [-0.05, 0) is 30.2 Å². The molecule has 24 heavy (non-hydrogen) atoms. The Morgan fingerprint density at radius 1 is 1.12 bits per heavy atom. The highest BCUT2D eigenvalue weighted by molar-refractivity contribution is 6.35. The van der Waals surface area contributed by atoms with Crippen LogP contribution in [0, 0.1) is 5.82 Å². The summed E-state index contributed by atoms with van der Waals surface area (Å²) in [4.78, 5) is 4.08. The van der Waals surface area contributed by atoms with Crippen molar-refractivity contribution in [2.45, 2.75) is 12.3 Å². The van der Waals surface area contributed by atoms with E-state index in [-0.39, 0.29) is 18.0 Å². The van der Waals surface area contributed by atoms with Gasteiger partial charge in [0.2, 0.25) is 0 Å². The number of anilines is 1. The van der Waals surface area contributed by atoms with Gasteiger partial charge in [0.1, 0.15) is 5.52 Å². The molecule has 0 amide bonds. The fourth-order valence-electron chi connectivity index (χ4n) is 2.79. The molecule has 0 bridgehead atoms. The second-order valence-electron chi connectivity index (χ2n) is 5.62. The molecule has 0 aliphatic carbocycles. The lowest BCUT2D eigenvalue weighted by molar-refractivity contribution is 0.277. The Morgan fingerprint density at radius 2 is 1.92 bits per heavy atom. The van der Waals surface area contributed by atoms with Crippen LogP contribution in [-0.2, 0) is 0 Å². The van der Waals surface area contributed by atoms with Crippen LogP contribution in [0.1, 0.15) is 17.9 Å². The van der Waals surface area contributed by atoms with Crippen LogP contribution in [0.5, 0.6) is 0 Å². The van der Waals surface area contributed by atoms with Crippen LogP contribution in [0.15, 0.2) is 54.7 Å². The average Bonchev–Trinajstić information content (AvgIpc) is 2.61. The van der Waals surface area contributed by atoms with Crippen molar-refractivity contribution in [3.63, 3.8) is 0 Å². The third kappa shape index (κ3) is 3.50. The van der Waals surface area contributed by atoms with E-state index < -0.39 is 5.82 Å². The third-order valence-corrected chi connectivity index (χ3v) is 4.41. The number of hydrogen-bond donors (Lipinski definition) is 2. The van der Waals surface area contributed by atoms with Gasteiger partial charge in [-0.25, -0.2) is 4.39 Å². The van der Waals surface area contributed by atoms with Gasteiger partial charge in [0.05, 0.1) is 10.7 Å². The molecule has 3 rings (SSSR count). The van der Waals surface area contributed by atoms with Crippen molar-refractivity contribution in [2.75, 3.05) is 18.5 Å². The van der Waals surface area contributed by atoms with E-state index in [9.17, 15) is 9.50 Å². The summed E-state index contributed by atoms with van der Waals surface area (Å²) >= 11 is 6.08. The number of pyridine rings is 1. The zero-order chi connectivity index (χ0) is 16.9. The maximum Gasteiger partial charge on any atom is 0.172 e. The summed E-state index contributed by atoms with van der Waals surface area (Å²) in [6, 6.07) is 15.0. The van der Waals surface area contributed by atoms with Crippen molar-refractivity contribution < 1.29 is 9.50 Å². The number of nitrogens with zero attached hydrogens (tertiary/aromatic N) is 1. The molecule has 1 aromatic heterocycles. The first kappa shape index (κ1) is 16.7. The van der Waals surface area contributed by atoms with Crippen molar-refractivity contribution in [3.8, 4) is 0 Å². The molecule has 0 fully saturated rings. The molecule has 2 N–H and O–H groups in total. The van der Waals surface area contributed by atoms with Crippen LogP contribution in [-0.4, -0.2) is 23.2 Å². The molecule has 1 atom stereocenters. The first-order valence-electron chi connectivity index (χ1n) is 7.83. The minimum Gasteiger partial charge on any atom is -0.396 e. The second-order valence-corrected chi connectivity index (χ2v) is 6.02. The van der Waals surface area contributed by atoms with Gasteiger partial charge in [-0.1, -0.05) is 41.9 Å². The predicted molar refractivity (Wildman–Crippen MR) is 96.1 cm³/mol. The fraction of sp³-hybridized carbons (Fsp3) is 0.211. The van der Waals surface area contributed by atoms with Crippen LogP contribution in [0.4, 0.5) is 10.1 Å². The summed E-state index contributed by atoms with van der Waals surface area (Å²) in [6.45, 7) is 0.603. The molecule has 0 saturated heterocycles. The van der Waals surface area contributed by atoms with Crippen LogP contribution >= 0.6 is 11.6 Å². The molecule has 3 aromatic rings. The average molecular weight is 345 g/mol. The lowest BCUT2D eigenvalue weighted by Crippen LogP contribution is -2.15. The van der Waals surface area contributed by atoms with Gasteiger partial charge in [-0.2, -0.15) is 0 Å². The SMILES string of the molecule is OCCC(CNc1ccc2c(Cl)ccnc2c1F)c1ccccc1. The molecule has 1 heterocycles. The van der Waals surface area contributed by atoms with Gasteiger partial charge in [-0.15, -0.1) is 0 Å². The summed E-state index contributed by atoms with van der Waals surface area (Å²) in [6.07, 6.45) is 2.10. The lowest BCUT2D eigenvalue weighted by atomic mass is 9.96. The second kappa shape index (κ2) is 7.60. The van der Waals surface area contributed by atoms with Gasteiger partial charge in [0, 0.05) is 30.7 Å². The summed E-state index contributed by atoms with van der Waals surface area (Å²) in [7, 11) is 0. The van der Waals surface area contributed by atoms with E-state index in [1.165, 1.54) is 6.20 Å². The number of nitrogens with one attached hydrogen (secondary N) is 1. The number of aliphatic hydroxyl groups excluding tert-OH is 1. The molecule has 0 spiro atoms. The number of fused-ring (bicyclic) bond motifs is 1. The fourth-order valence-corrected chi connectivity index (χ4v) is 3.00. The van der Waals surface area contributed by atoms with Crippen molar-refractivity contribution in [1.82, 2.24) is 4.98 Å². The highest BCUT2D eigenvalue weighted by atomic mass is 35.5. The van der Waals surface area contributed by atoms with Crippen LogP contribution in [0.25, 0.3) is 10.9 Å². The standard InChI is InChI=1S/C19H18ClFN2O/c20-16-8-10-22-19-15(16)6-7-17(18(19)21)23-12-14(9-11-24)13-4-2-1-3-5-13/h1-8,10,14,23-24H,9,11-12H2. The molecular weight excluding hydrogens is 327 g/mol. The van der Waals surface area contributed by atoms with Crippen LogP contribution < -0.4 is 5.32 Å². The van der Waals surface area contributed by atoms with E-state index in [2.05, 4.69) is 10.3 Å². The normalized spacial score (nSPS) is 12.3. The quantitative estimate of drug-likeness (QED) is 0.686. The van der Waals surface area contributed by atoms with E-state index >= 15 is 0 Å². The Morgan fingerprint density at radius 3 is 2.67 bits per heavy atom. The molecule has 3 nitrogen and oxygen atoms in total. The zero-order valence-electron chi connectivity index (χ0n) is 13.0. The number of rotatable bonds is 6.